The van der Waals surface area contributed by atoms with Gasteiger partial charge in [0.2, 0.25) is 5.91 Å². The van der Waals surface area contributed by atoms with Crippen LogP contribution in [0.1, 0.15) is 29.5 Å². The van der Waals surface area contributed by atoms with Crippen LogP contribution in [-0.2, 0) is 19.1 Å². The molecule has 162 valence electrons. The summed E-state index contributed by atoms with van der Waals surface area (Å²) < 4.78 is 5.21. The Hall–Kier alpha value is -3.41. The third-order valence-corrected chi connectivity index (χ3v) is 5.21. The Morgan fingerprint density at radius 3 is 2.32 bits per heavy atom. The van der Waals surface area contributed by atoms with Crippen LogP contribution in [0.3, 0.4) is 0 Å². The first-order valence-corrected chi connectivity index (χ1v) is 10.5. The van der Waals surface area contributed by atoms with E-state index in [1.807, 2.05) is 62.4 Å². The predicted molar refractivity (Wildman–Crippen MR) is 120 cm³/mol. The van der Waals surface area contributed by atoms with E-state index in [-0.39, 0.29) is 30.3 Å². The zero-order chi connectivity index (χ0) is 22.2. The Morgan fingerprint density at radius 2 is 1.68 bits per heavy atom. The molecule has 2 aromatic carbocycles. The summed E-state index contributed by atoms with van der Waals surface area (Å²) >= 11 is 0. The van der Waals surface area contributed by atoms with Crippen molar-refractivity contribution in [1.82, 2.24) is 4.90 Å². The number of anilines is 1. The summed E-state index contributed by atoms with van der Waals surface area (Å²) in [7, 11) is 0. The van der Waals surface area contributed by atoms with Crippen LogP contribution in [0.2, 0.25) is 0 Å². The summed E-state index contributed by atoms with van der Waals surface area (Å²) in [6.45, 7) is 4.58. The van der Waals surface area contributed by atoms with Gasteiger partial charge in [-0.15, -0.1) is 0 Å². The summed E-state index contributed by atoms with van der Waals surface area (Å²) in [6, 6.07) is 15.4. The number of hydrogen-bond donors (Lipinski definition) is 1. The molecule has 0 aromatic heterocycles. The summed E-state index contributed by atoms with van der Waals surface area (Å²) in [5.41, 5.74) is 3.75. The van der Waals surface area contributed by atoms with Crippen molar-refractivity contribution in [1.29, 1.82) is 0 Å². The average Bonchev–Trinajstić information content (AvgIpc) is 2.76. The van der Waals surface area contributed by atoms with E-state index in [4.69, 9.17) is 4.74 Å². The third kappa shape index (κ3) is 6.81. The fourth-order valence-corrected chi connectivity index (χ4v) is 3.67. The van der Waals surface area contributed by atoms with Crippen molar-refractivity contribution in [3.8, 4) is 0 Å². The Kier molecular flexibility index (Phi) is 7.60. The average molecular weight is 421 g/mol. The van der Waals surface area contributed by atoms with Gasteiger partial charge in [0, 0.05) is 24.9 Å². The monoisotopic (exact) mass is 420 g/mol. The number of rotatable bonds is 6. The number of aryl methyl sites for hydroxylation is 2. The molecule has 6 nitrogen and oxygen atoms in total. The molecule has 1 fully saturated rings. The summed E-state index contributed by atoms with van der Waals surface area (Å²) in [4.78, 5) is 38.5. The fourth-order valence-electron chi connectivity index (χ4n) is 3.67. The molecule has 1 heterocycles. The molecule has 1 N–H and O–H groups in total. The number of esters is 1. The van der Waals surface area contributed by atoms with Gasteiger partial charge in [0.05, 0.1) is 5.92 Å². The number of benzene rings is 2. The van der Waals surface area contributed by atoms with Crippen LogP contribution in [0.4, 0.5) is 5.69 Å². The van der Waals surface area contributed by atoms with E-state index in [1.54, 1.807) is 17.1 Å². The lowest BCUT2D eigenvalue weighted by Crippen LogP contribution is -2.40. The van der Waals surface area contributed by atoms with Crippen LogP contribution in [0.5, 0.6) is 0 Å². The van der Waals surface area contributed by atoms with Crippen LogP contribution < -0.4 is 5.32 Å². The van der Waals surface area contributed by atoms with Crippen LogP contribution in [0.25, 0.3) is 6.08 Å². The topological polar surface area (TPSA) is 75.7 Å². The van der Waals surface area contributed by atoms with Gasteiger partial charge in [-0.3, -0.25) is 14.4 Å². The van der Waals surface area contributed by atoms with Gasteiger partial charge in [-0.1, -0.05) is 36.4 Å². The van der Waals surface area contributed by atoms with Gasteiger partial charge < -0.3 is 15.0 Å². The summed E-state index contributed by atoms with van der Waals surface area (Å²) in [5.74, 6) is -1.11. The third-order valence-electron chi connectivity index (χ3n) is 5.21. The zero-order valence-corrected chi connectivity index (χ0v) is 18.0. The van der Waals surface area contributed by atoms with Gasteiger partial charge in [-0.2, -0.15) is 0 Å². The maximum atomic E-state index is 12.4. The van der Waals surface area contributed by atoms with Crippen molar-refractivity contribution < 1.29 is 19.1 Å². The van der Waals surface area contributed by atoms with E-state index >= 15 is 0 Å². The molecule has 6 heteroatoms. The van der Waals surface area contributed by atoms with Crippen molar-refractivity contribution in [2.24, 2.45) is 5.92 Å². The molecule has 0 atom stereocenters. The molecule has 0 radical (unpaired) electrons. The van der Waals surface area contributed by atoms with E-state index in [0.29, 0.717) is 31.6 Å². The molecule has 0 unspecified atom stereocenters. The minimum Gasteiger partial charge on any atom is -0.455 e. The van der Waals surface area contributed by atoms with E-state index in [9.17, 15) is 14.4 Å². The molecule has 2 aromatic rings. The first-order chi connectivity index (χ1) is 14.9. The van der Waals surface area contributed by atoms with Gasteiger partial charge in [0.1, 0.15) is 0 Å². The number of amides is 2. The standard InChI is InChI=1S/C25H28N2O4/c1-18-14-19(2)16-22(15-18)26-23(28)17-31-25(30)21-10-12-27(13-11-21)24(29)9-8-20-6-4-3-5-7-20/h3-9,14-16,21H,10-13,17H2,1-2H3,(H,26,28)/b9-8+. The number of likely N-dealkylation sites (tertiary alicyclic amines) is 1. The molecule has 3 rings (SSSR count). The first-order valence-electron chi connectivity index (χ1n) is 10.5. The van der Waals surface area contributed by atoms with Crippen molar-refractivity contribution in [3.05, 3.63) is 71.3 Å². The van der Waals surface area contributed by atoms with Crippen LogP contribution in [0.15, 0.2) is 54.6 Å². The molecule has 1 aliphatic heterocycles. The lowest BCUT2D eigenvalue weighted by molar-refractivity contribution is -0.153. The van der Waals surface area contributed by atoms with Crippen LogP contribution in [-0.4, -0.2) is 42.4 Å². The number of carbonyl (C=O) groups excluding carboxylic acids is 3. The summed E-state index contributed by atoms with van der Waals surface area (Å²) in [5, 5.41) is 2.75. The number of nitrogens with zero attached hydrogens (tertiary/aromatic N) is 1. The SMILES string of the molecule is Cc1cc(C)cc(NC(=O)COC(=O)C2CCN(C(=O)/C=C/c3ccccc3)CC2)c1. The fraction of sp³-hybridized carbons (Fsp3) is 0.320. The number of ether oxygens (including phenoxy) is 1. The minimum absolute atomic E-state index is 0.0662. The quantitative estimate of drug-likeness (QED) is 0.571. The Morgan fingerprint density at radius 1 is 1.03 bits per heavy atom. The minimum atomic E-state index is -0.387. The second kappa shape index (κ2) is 10.6. The molecule has 1 saturated heterocycles. The lowest BCUT2D eigenvalue weighted by atomic mass is 9.97. The number of hydrogen-bond acceptors (Lipinski definition) is 4. The van der Waals surface area contributed by atoms with E-state index in [0.717, 1.165) is 16.7 Å². The Bertz CT molecular complexity index is 940. The van der Waals surface area contributed by atoms with E-state index < -0.39 is 0 Å². The van der Waals surface area contributed by atoms with E-state index in [1.165, 1.54) is 0 Å². The molecule has 0 bridgehead atoms. The largest absolute Gasteiger partial charge is 0.455 e. The van der Waals surface area contributed by atoms with Crippen molar-refractivity contribution in [3.63, 3.8) is 0 Å². The molecule has 0 spiro atoms. The molecular weight excluding hydrogens is 392 g/mol. The van der Waals surface area contributed by atoms with Gasteiger partial charge >= 0.3 is 5.97 Å². The number of carbonyl (C=O) groups is 3. The maximum Gasteiger partial charge on any atom is 0.309 e. The number of nitrogens with one attached hydrogen (secondary N) is 1. The van der Waals surface area contributed by atoms with Crippen molar-refractivity contribution in [2.75, 3.05) is 25.0 Å². The first kappa shape index (κ1) is 22.3. The molecule has 2 amide bonds. The lowest BCUT2D eigenvalue weighted by Gasteiger charge is -2.30. The number of piperidine rings is 1. The van der Waals surface area contributed by atoms with Crippen LogP contribution >= 0.6 is 0 Å². The highest BCUT2D eigenvalue weighted by Gasteiger charge is 2.28. The Labute approximate surface area is 182 Å². The molecule has 0 aliphatic carbocycles. The van der Waals surface area contributed by atoms with Crippen molar-refractivity contribution in [2.45, 2.75) is 26.7 Å². The maximum absolute atomic E-state index is 12.4. The molecule has 31 heavy (non-hydrogen) atoms. The van der Waals surface area contributed by atoms with Crippen molar-refractivity contribution >= 4 is 29.5 Å². The molecule has 1 aliphatic rings. The highest BCUT2D eigenvalue weighted by Crippen LogP contribution is 2.19. The molecule has 0 saturated carbocycles. The second-order valence-electron chi connectivity index (χ2n) is 7.88. The van der Waals surface area contributed by atoms with Gasteiger partial charge in [0.15, 0.2) is 6.61 Å². The smallest absolute Gasteiger partial charge is 0.309 e. The highest BCUT2D eigenvalue weighted by molar-refractivity contribution is 5.93. The predicted octanol–water partition coefficient (Wildman–Crippen LogP) is 3.74. The highest BCUT2D eigenvalue weighted by atomic mass is 16.5. The van der Waals surface area contributed by atoms with E-state index in [2.05, 4.69) is 5.32 Å². The zero-order valence-electron chi connectivity index (χ0n) is 18.0. The molecular formula is C25H28N2O4. The normalized spacial score (nSPS) is 14.5. The van der Waals surface area contributed by atoms with Gasteiger partial charge in [-0.25, -0.2) is 0 Å². The second-order valence-corrected chi connectivity index (χ2v) is 7.88. The van der Waals surface area contributed by atoms with Gasteiger partial charge in [0.25, 0.3) is 5.91 Å². The summed E-state index contributed by atoms with van der Waals surface area (Å²) in [6.07, 6.45) is 4.41. The van der Waals surface area contributed by atoms with Gasteiger partial charge in [-0.05, 0) is 61.6 Å². The van der Waals surface area contributed by atoms with Crippen LogP contribution in [0, 0.1) is 19.8 Å². The Balaban J connectivity index is 1.41.